The highest BCUT2D eigenvalue weighted by Crippen LogP contribution is 2.31. The fourth-order valence-electron chi connectivity index (χ4n) is 3.59. The number of nitrogens with zero attached hydrogens (tertiary/aromatic N) is 6. The predicted molar refractivity (Wildman–Crippen MR) is 122 cm³/mol. The lowest BCUT2D eigenvalue weighted by Crippen LogP contribution is -2.22. The molecule has 0 saturated carbocycles. The fraction of sp³-hybridized carbons (Fsp3) is 0.273. The number of hydrogen-bond donors (Lipinski definition) is 0. The van der Waals surface area contributed by atoms with Crippen LogP contribution in [-0.2, 0) is 5.75 Å². The van der Waals surface area contributed by atoms with Gasteiger partial charge in [-0.2, -0.15) is 4.98 Å². The molecule has 0 radical (unpaired) electrons. The molecule has 0 N–H and O–H groups in total. The number of aromatic nitrogens is 5. The molecule has 0 bridgehead atoms. The van der Waals surface area contributed by atoms with Crippen LogP contribution in [0.4, 0.5) is 5.95 Å². The van der Waals surface area contributed by atoms with Gasteiger partial charge in [-0.15, -0.1) is 10.2 Å². The van der Waals surface area contributed by atoms with Crippen LogP contribution in [0.1, 0.15) is 24.3 Å². The maximum atomic E-state index is 6.25. The van der Waals surface area contributed by atoms with Crippen molar-refractivity contribution in [3.8, 4) is 17.1 Å². The minimum Gasteiger partial charge on any atom is -0.341 e. The number of anilines is 1. The van der Waals surface area contributed by atoms with Crippen LogP contribution in [0.3, 0.4) is 0 Å². The summed E-state index contributed by atoms with van der Waals surface area (Å²) in [7, 11) is 0. The van der Waals surface area contributed by atoms with Gasteiger partial charge in [0, 0.05) is 18.7 Å². The van der Waals surface area contributed by atoms with E-state index < -0.39 is 0 Å². The van der Waals surface area contributed by atoms with Gasteiger partial charge in [-0.1, -0.05) is 58.3 Å². The fourth-order valence-corrected chi connectivity index (χ4v) is 4.59. The molecule has 1 fully saturated rings. The van der Waals surface area contributed by atoms with E-state index in [1.165, 1.54) is 30.2 Å². The lowest BCUT2D eigenvalue weighted by molar-refractivity contribution is 0.391. The average molecular weight is 453 g/mol. The Balaban J connectivity index is 1.41. The molecule has 0 atom stereocenters. The summed E-state index contributed by atoms with van der Waals surface area (Å²) in [4.78, 5) is 6.79. The second-order valence-electron chi connectivity index (χ2n) is 7.43. The summed E-state index contributed by atoms with van der Waals surface area (Å²) in [5.41, 5.74) is 3.01. The molecule has 1 aliphatic heterocycles. The minimum atomic E-state index is 0.485. The zero-order chi connectivity index (χ0) is 21.2. The van der Waals surface area contributed by atoms with Crippen LogP contribution >= 0.6 is 23.4 Å². The van der Waals surface area contributed by atoms with E-state index in [4.69, 9.17) is 16.1 Å². The maximum Gasteiger partial charge on any atom is 0.237 e. The largest absolute Gasteiger partial charge is 0.341 e. The first-order valence-electron chi connectivity index (χ1n) is 10.2. The Bertz CT molecular complexity index is 1180. The zero-order valence-corrected chi connectivity index (χ0v) is 18.6. The van der Waals surface area contributed by atoms with E-state index in [9.17, 15) is 0 Å². The van der Waals surface area contributed by atoms with Crippen LogP contribution in [-0.4, -0.2) is 38.0 Å². The number of benzene rings is 2. The average Bonchev–Trinajstić information content (AvgIpc) is 3.53. The van der Waals surface area contributed by atoms with Crippen molar-refractivity contribution in [2.75, 3.05) is 18.0 Å². The van der Waals surface area contributed by atoms with E-state index in [0.717, 1.165) is 35.4 Å². The summed E-state index contributed by atoms with van der Waals surface area (Å²) >= 11 is 7.78. The quantitative estimate of drug-likeness (QED) is 0.373. The van der Waals surface area contributed by atoms with Crippen molar-refractivity contribution in [3.63, 3.8) is 0 Å². The van der Waals surface area contributed by atoms with Crippen molar-refractivity contribution in [1.82, 2.24) is 24.9 Å². The SMILES string of the molecule is Cc1ccc(-n2c(SCc3nc(-c4ccccc4Cl)no3)nnc2N2CCCC2)cc1. The van der Waals surface area contributed by atoms with Gasteiger partial charge in [0.1, 0.15) is 0 Å². The molecule has 0 amide bonds. The van der Waals surface area contributed by atoms with E-state index in [-0.39, 0.29) is 0 Å². The second-order valence-corrected chi connectivity index (χ2v) is 8.78. The van der Waals surface area contributed by atoms with Crippen LogP contribution in [0.5, 0.6) is 0 Å². The first-order valence-corrected chi connectivity index (χ1v) is 11.5. The van der Waals surface area contributed by atoms with Crippen LogP contribution < -0.4 is 4.90 Å². The monoisotopic (exact) mass is 452 g/mol. The van der Waals surface area contributed by atoms with E-state index in [1.54, 1.807) is 0 Å². The van der Waals surface area contributed by atoms with Crippen molar-refractivity contribution in [2.24, 2.45) is 0 Å². The molecule has 0 aliphatic carbocycles. The molecule has 1 aliphatic rings. The number of rotatable bonds is 6. The van der Waals surface area contributed by atoms with Gasteiger partial charge < -0.3 is 9.42 Å². The summed E-state index contributed by atoms with van der Waals surface area (Å²) in [6, 6.07) is 15.9. The Morgan fingerprint density at radius 2 is 1.81 bits per heavy atom. The molecule has 31 heavy (non-hydrogen) atoms. The van der Waals surface area contributed by atoms with E-state index >= 15 is 0 Å². The number of hydrogen-bond acceptors (Lipinski definition) is 7. The maximum absolute atomic E-state index is 6.25. The molecule has 0 spiro atoms. The third-order valence-corrected chi connectivity index (χ3v) is 6.45. The highest BCUT2D eigenvalue weighted by molar-refractivity contribution is 7.98. The van der Waals surface area contributed by atoms with Gasteiger partial charge >= 0.3 is 0 Å². The third-order valence-electron chi connectivity index (χ3n) is 5.20. The van der Waals surface area contributed by atoms with E-state index in [0.29, 0.717) is 22.5 Å². The van der Waals surface area contributed by atoms with Gasteiger partial charge in [0.25, 0.3) is 0 Å². The molecule has 7 nitrogen and oxygen atoms in total. The molecule has 3 heterocycles. The summed E-state index contributed by atoms with van der Waals surface area (Å²) in [6.45, 7) is 4.08. The Kier molecular flexibility index (Phi) is 5.65. The lowest BCUT2D eigenvalue weighted by atomic mass is 10.2. The Hall–Kier alpha value is -2.84. The van der Waals surface area contributed by atoms with Crippen molar-refractivity contribution >= 4 is 29.3 Å². The Morgan fingerprint density at radius 1 is 1.03 bits per heavy atom. The van der Waals surface area contributed by atoms with Crippen LogP contribution in [0.2, 0.25) is 5.02 Å². The van der Waals surface area contributed by atoms with Gasteiger partial charge in [0.05, 0.1) is 16.5 Å². The number of thioether (sulfide) groups is 1. The van der Waals surface area contributed by atoms with Gasteiger partial charge in [-0.25, -0.2) is 0 Å². The third kappa shape index (κ3) is 4.18. The normalized spacial score (nSPS) is 13.8. The topological polar surface area (TPSA) is 72.9 Å². The standard InChI is InChI=1S/C22H21ClN6OS/c1-15-8-10-16(11-9-15)29-21(28-12-4-5-13-28)25-26-22(29)31-14-19-24-20(27-30-19)17-6-2-3-7-18(17)23/h2-3,6-11H,4-5,12-14H2,1H3. The first-order chi connectivity index (χ1) is 15.2. The Labute approximate surface area is 189 Å². The summed E-state index contributed by atoms with van der Waals surface area (Å²) in [5.74, 6) is 2.37. The van der Waals surface area contributed by atoms with Crippen LogP contribution in [0.25, 0.3) is 17.1 Å². The summed E-state index contributed by atoms with van der Waals surface area (Å²) < 4.78 is 7.57. The van der Waals surface area contributed by atoms with Gasteiger partial charge in [0.15, 0.2) is 5.16 Å². The molecule has 2 aromatic heterocycles. The molecular weight excluding hydrogens is 432 g/mol. The molecule has 158 valence electrons. The van der Waals surface area contributed by atoms with Crippen molar-refractivity contribution < 1.29 is 4.52 Å². The van der Waals surface area contributed by atoms with E-state index in [1.807, 2.05) is 24.3 Å². The Morgan fingerprint density at radius 3 is 2.58 bits per heavy atom. The van der Waals surface area contributed by atoms with Crippen LogP contribution in [0.15, 0.2) is 58.2 Å². The molecule has 4 aromatic rings. The summed E-state index contributed by atoms with van der Waals surface area (Å²) in [5, 5.41) is 14.5. The molecular formula is C22H21ClN6OS. The van der Waals surface area contributed by atoms with Crippen molar-refractivity contribution in [2.45, 2.75) is 30.7 Å². The second kappa shape index (κ2) is 8.72. The molecule has 2 aromatic carbocycles. The predicted octanol–water partition coefficient (Wildman–Crippen LogP) is 5.17. The first kappa shape index (κ1) is 20.1. The summed E-state index contributed by atoms with van der Waals surface area (Å²) in [6.07, 6.45) is 2.35. The lowest BCUT2D eigenvalue weighted by Gasteiger charge is -2.18. The van der Waals surface area contributed by atoms with E-state index in [2.05, 4.69) is 61.0 Å². The van der Waals surface area contributed by atoms with Gasteiger partial charge in [-0.05, 0) is 44.0 Å². The molecule has 9 heteroatoms. The zero-order valence-electron chi connectivity index (χ0n) is 17.0. The van der Waals surface area contributed by atoms with Gasteiger partial charge in [0.2, 0.25) is 17.7 Å². The van der Waals surface area contributed by atoms with Gasteiger partial charge in [-0.3, -0.25) is 4.57 Å². The van der Waals surface area contributed by atoms with Crippen LogP contribution in [0, 0.1) is 6.92 Å². The van der Waals surface area contributed by atoms with Crippen molar-refractivity contribution in [3.05, 3.63) is 65.0 Å². The molecule has 0 unspecified atom stereocenters. The highest BCUT2D eigenvalue weighted by Gasteiger charge is 2.23. The smallest absolute Gasteiger partial charge is 0.237 e. The molecule has 1 saturated heterocycles. The molecule has 5 rings (SSSR count). The number of aryl methyl sites for hydroxylation is 1. The highest BCUT2D eigenvalue weighted by atomic mass is 35.5. The minimum absolute atomic E-state index is 0.485. The van der Waals surface area contributed by atoms with Crippen molar-refractivity contribution in [1.29, 1.82) is 0 Å². The number of halogens is 1.